The van der Waals surface area contributed by atoms with Gasteiger partial charge in [0.25, 0.3) is 0 Å². The molecule has 2 N–H and O–H groups in total. The second-order valence-corrected chi connectivity index (χ2v) is 5.13. The Kier molecular flexibility index (Phi) is 6.81. The lowest BCUT2D eigenvalue weighted by Gasteiger charge is -2.29. The van der Waals surface area contributed by atoms with Crippen LogP contribution in [0.1, 0.15) is 38.3 Å². The number of anilines is 1. The predicted molar refractivity (Wildman–Crippen MR) is 80.5 cm³/mol. The predicted octanol–water partition coefficient (Wildman–Crippen LogP) is 2.10. The highest BCUT2D eigenvalue weighted by Crippen LogP contribution is 2.20. The van der Waals surface area contributed by atoms with Crippen LogP contribution in [0, 0.1) is 6.92 Å². The smallest absolute Gasteiger partial charge is 0.131 e. The normalized spacial score (nSPS) is 11.1. The summed E-state index contributed by atoms with van der Waals surface area (Å²) in [6.07, 6.45) is 2.72. The number of hydrogen-bond donors (Lipinski definition) is 2. The Hall–Kier alpha value is -1.13. The molecule has 0 radical (unpaired) electrons. The van der Waals surface area contributed by atoms with Crippen molar-refractivity contribution in [1.82, 2.24) is 10.3 Å². The molecule has 0 bridgehead atoms. The largest absolute Gasteiger partial charge is 0.396 e. The molecule has 0 aliphatic carbocycles. The third-order valence-electron chi connectivity index (χ3n) is 3.14. The maximum absolute atomic E-state index is 9.00. The summed E-state index contributed by atoms with van der Waals surface area (Å²) in [5, 5.41) is 12.3. The number of nitrogens with zero attached hydrogens (tertiary/aromatic N) is 2. The van der Waals surface area contributed by atoms with Crippen LogP contribution in [0.3, 0.4) is 0 Å². The standard InChI is InChI=1S/C15H27N3O/c1-5-16-10-14-9-13(4)15(17-11-14)18(12(2)3)7-6-8-19/h9,11-12,16,19H,5-8,10H2,1-4H3. The Morgan fingerprint density at radius 2 is 2.16 bits per heavy atom. The summed E-state index contributed by atoms with van der Waals surface area (Å²) in [6.45, 7) is 11.4. The molecule has 0 atom stereocenters. The summed E-state index contributed by atoms with van der Waals surface area (Å²) in [7, 11) is 0. The molecule has 0 unspecified atom stereocenters. The summed E-state index contributed by atoms with van der Waals surface area (Å²) in [4.78, 5) is 6.86. The van der Waals surface area contributed by atoms with Gasteiger partial charge in [-0.2, -0.15) is 0 Å². The van der Waals surface area contributed by atoms with Gasteiger partial charge >= 0.3 is 0 Å². The van der Waals surface area contributed by atoms with Gasteiger partial charge in [0.15, 0.2) is 0 Å². The average molecular weight is 265 g/mol. The molecule has 19 heavy (non-hydrogen) atoms. The maximum Gasteiger partial charge on any atom is 0.131 e. The molecule has 1 heterocycles. The molecule has 0 amide bonds. The van der Waals surface area contributed by atoms with Crippen molar-refractivity contribution in [2.45, 2.75) is 46.7 Å². The molecule has 4 nitrogen and oxygen atoms in total. The second kappa shape index (κ2) is 8.12. The number of nitrogens with one attached hydrogen (secondary N) is 1. The molecule has 0 saturated heterocycles. The molecule has 0 aliphatic rings. The van der Waals surface area contributed by atoms with Crippen molar-refractivity contribution in [2.75, 3.05) is 24.6 Å². The number of aromatic nitrogens is 1. The Morgan fingerprint density at radius 3 is 2.68 bits per heavy atom. The van der Waals surface area contributed by atoms with Crippen LogP contribution in [0.4, 0.5) is 5.82 Å². The quantitative estimate of drug-likeness (QED) is 0.756. The molecule has 0 spiro atoms. The molecule has 4 heteroatoms. The van der Waals surface area contributed by atoms with E-state index >= 15 is 0 Å². The summed E-state index contributed by atoms with van der Waals surface area (Å²) < 4.78 is 0. The van der Waals surface area contributed by atoms with E-state index in [1.54, 1.807) is 0 Å². The third kappa shape index (κ3) is 4.80. The first kappa shape index (κ1) is 15.9. The monoisotopic (exact) mass is 265 g/mol. The highest BCUT2D eigenvalue weighted by atomic mass is 16.3. The molecule has 0 aromatic carbocycles. The van der Waals surface area contributed by atoms with Gasteiger partial charge < -0.3 is 15.3 Å². The first-order chi connectivity index (χ1) is 9.10. The highest BCUT2D eigenvalue weighted by Gasteiger charge is 2.14. The van der Waals surface area contributed by atoms with Crippen LogP contribution in [0.15, 0.2) is 12.3 Å². The summed E-state index contributed by atoms with van der Waals surface area (Å²) in [5.74, 6) is 1.03. The van der Waals surface area contributed by atoms with E-state index in [0.717, 1.165) is 31.9 Å². The zero-order valence-corrected chi connectivity index (χ0v) is 12.6. The van der Waals surface area contributed by atoms with E-state index in [1.807, 2.05) is 6.20 Å². The van der Waals surface area contributed by atoms with Crippen molar-refractivity contribution in [1.29, 1.82) is 0 Å². The molecule has 0 fully saturated rings. The molecule has 1 rings (SSSR count). The number of aryl methyl sites for hydroxylation is 1. The molecule has 0 aliphatic heterocycles. The molecule has 1 aromatic heterocycles. The van der Waals surface area contributed by atoms with Crippen LogP contribution in [-0.4, -0.2) is 35.8 Å². The van der Waals surface area contributed by atoms with E-state index in [4.69, 9.17) is 5.11 Å². The van der Waals surface area contributed by atoms with Gasteiger partial charge in [0.1, 0.15) is 5.82 Å². The lowest BCUT2D eigenvalue weighted by molar-refractivity contribution is 0.288. The van der Waals surface area contributed by atoms with Crippen molar-refractivity contribution in [2.24, 2.45) is 0 Å². The number of rotatable bonds is 8. The van der Waals surface area contributed by atoms with Gasteiger partial charge in [0.05, 0.1) is 0 Å². The van der Waals surface area contributed by atoms with Crippen LogP contribution >= 0.6 is 0 Å². The third-order valence-corrected chi connectivity index (χ3v) is 3.14. The fourth-order valence-electron chi connectivity index (χ4n) is 2.14. The van der Waals surface area contributed by atoms with E-state index in [9.17, 15) is 0 Å². The van der Waals surface area contributed by atoms with Crippen LogP contribution in [-0.2, 0) is 6.54 Å². The maximum atomic E-state index is 9.00. The highest BCUT2D eigenvalue weighted by molar-refractivity contribution is 5.48. The zero-order valence-electron chi connectivity index (χ0n) is 12.6. The second-order valence-electron chi connectivity index (χ2n) is 5.13. The number of aliphatic hydroxyl groups is 1. The Balaban J connectivity index is 2.85. The minimum absolute atomic E-state index is 0.223. The van der Waals surface area contributed by atoms with Crippen LogP contribution < -0.4 is 10.2 Å². The Labute approximate surface area is 116 Å². The van der Waals surface area contributed by atoms with Crippen molar-refractivity contribution >= 4 is 5.82 Å². The Bertz CT molecular complexity index is 380. The number of hydrogen-bond acceptors (Lipinski definition) is 4. The lowest BCUT2D eigenvalue weighted by Crippen LogP contribution is -2.33. The molecule has 1 aromatic rings. The van der Waals surface area contributed by atoms with Crippen molar-refractivity contribution < 1.29 is 5.11 Å². The van der Waals surface area contributed by atoms with Crippen molar-refractivity contribution in [3.8, 4) is 0 Å². The van der Waals surface area contributed by atoms with Crippen LogP contribution in [0.5, 0.6) is 0 Å². The lowest BCUT2D eigenvalue weighted by atomic mass is 10.1. The first-order valence-electron chi connectivity index (χ1n) is 7.13. The van der Waals surface area contributed by atoms with E-state index in [0.29, 0.717) is 6.04 Å². The van der Waals surface area contributed by atoms with Crippen molar-refractivity contribution in [3.63, 3.8) is 0 Å². The zero-order chi connectivity index (χ0) is 14.3. The topological polar surface area (TPSA) is 48.4 Å². The van der Waals surface area contributed by atoms with Crippen molar-refractivity contribution in [3.05, 3.63) is 23.4 Å². The van der Waals surface area contributed by atoms with E-state index in [2.05, 4.69) is 49.0 Å². The van der Waals surface area contributed by atoms with Crippen LogP contribution in [0.25, 0.3) is 0 Å². The molecule has 108 valence electrons. The van der Waals surface area contributed by atoms with E-state index in [1.165, 1.54) is 11.1 Å². The van der Waals surface area contributed by atoms with Gasteiger partial charge in [-0.05, 0) is 50.9 Å². The van der Waals surface area contributed by atoms with E-state index < -0.39 is 0 Å². The van der Waals surface area contributed by atoms with Gasteiger partial charge in [0.2, 0.25) is 0 Å². The summed E-state index contributed by atoms with van der Waals surface area (Å²) in [5.41, 5.74) is 2.41. The van der Waals surface area contributed by atoms with E-state index in [-0.39, 0.29) is 6.61 Å². The number of aliphatic hydroxyl groups excluding tert-OH is 1. The van der Waals surface area contributed by atoms with Crippen LogP contribution in [0.2, 0.25) is 0 Å². The van der Waals surface area contributed by atoms with Gasteiger partial charge in [-0.1, -0.05) is 6.92 Å². The SMILES string of the molecule is CCNCc1cnc(N(CCCO)C(C)C)c(C)c1. The number of pyridine rings is 1. The fraction of sp³-hybridized carbons (Fsp3) is 0.667. The molecular weight excluding hydrogens is 238 g/mol. The molecule has 0 saturated carbocycles. The van der Waals surface area contributed by atoms with Gasteiger partial charge in [-0.15, -0.1) is 0 Å². The van der Waals surface area contributed by atoms with Gasteiger partial charge in [0, 0.05) is 31.9 Å². The average Bonchev–Trinajstić information content (AvgIpc) is 2.38. The summed E-state index contributed by atoms with van der Waals surface area (Å²) >= 11 is 0. The summed E-state index contributed by atoms with van der Waals surface area (Å²) in [6, 6.07) is 2.58. The first-order valence-corrected chi connectivity index (χ1v) is 7.13. The fourth-order valence-corrected chi connectivity index (χ4v) is 2.14. The van der Waals surface area contributed by atoms with Gasteiger partial charge in [-0.3, -0.25) is 0 Å². The molecular formula is C15H27N3O. The Morgan fingerprint density at radius 1 is 1.42 bits per heavy atom. The minimum Gasteiger partial charge on any atom is -0.396 e. The van der Waals surface area contributed by atoms with Gasteiger partial charge in [-0.25, -0.2) is 4.98 Å². The minimum atomic E-state index is 0.223.